The number of nitrogens with zero attached hydrogens (tertiary/aromatic N) is 4. The van der Waals surface area contributed by atoms with Crippen molar-refractivity contribution in [3.05, 3.63) is 117 Å². The van der Waals surface area contributed by atoms with E-state index < -0.39 is 6.04 Å². The monoisotopic (exact) mass is 571 g/mol. The Hall–Kier alpha value is -4.27. The molecule has 10 heteroatoms. The molecule has 0 bridgehead atoms. The summed E-state index contributed by atoms with van der Waals surface area (Å²) in [4.78, 5) is 52.5. The number of aromatic nitrogens is 2. The van der Waals surface area contributed by atoms with Gasteiger partial charge in [0.15, 0.2) is 0 Å². The van der Waals surface area contributed by atoms with Crippen molar-refractivity contribution in [3.8, 4) is 0 Å². The third-order valence-corrected chi connectivity index (χ3v) is 7.68. The number of pyridine rings is 2. The van der Waals surface area contributed by atoms with Gasteiger partial charge >= 0.3 is 0 Å². The average molecular weight is 572 g/mol. The van der Waals surface area contributed by atoms with Crippen LogP contribution in [0.5, 0.6) is 0 Å². The van der Waals surface area contributed by atoms with E-state index in [1.54, 1.807) is 59.8 Å². The fourth-order valence-corrected chi connectivity index (χ4v) is 5.59. The Morgan fingerprint density at radius 1 is 0.975 bits per heavy atom. The van der Waals surface area contributed by atoms with Crippen molar-refractivity contribution in [2.24, 2.45) is 0 Å². The molecule has 1 unspecified atom stereocenters. The third-order valence-electron chi connectivity index (χ3n) is 7.13. The van der Waals surface area contributed by atoms with Gasteiger partial charge in [0.2, 0.25) is 5.91 Å². The first-order chi connectivity index (χ1) is 19.4. The highest BCUT2D eigenvalue weighted by atomic mass is 35.5. The zero-order valence-electron chi connectivity index (χ0n) is 21.2. The number of amides is 3. The molecule has 0 aliphatic carbocycles. The average Bonchev–Trinajstić information content (AvgIpc) is 3.36. The van der Waals surface area contributed by atoms with E-state index in [0.717, 1.165) is 12.0 Å². The molecule has 2 aliphatic heterocycles. The van der Waals surface area contributed by atoms with Crippen LogP contribution >= 0.6 is 23.2 Å². The van der Waals surface area contributed by atoms with Crippen molar-refractivity contribution < 1.29 is 14.4 Å². The van der Waals surface area contributed by atoms with E-state index >= 15 is 0 Å². The maximum atomic E-state index is 13.8. The molecule has 1 atom stereocenters. The van der Waals surface area contributed by atoms with Gasteiger partial charge in [-0.25, -0.2) is 4.98 Å². The highest BCUT2D eigenvalue weighted by Gasteiger charge is 2.36. The Kier molecular flexibility index (Phi) is 6.96. The summed E-state index contributed by atoms with van der Waals surface area (Å²) in [7, 11) is 0. The van der Waals surface area contributed by atoms with E-state index in [9.17, 15) is 14.4 Å². The number of hydrogen-bond donors (Lipinski definition) is 1. The van der Waals surface area contributed by atoms with Crippen LogP contribution in [0.25, 0.3) is 0 Å². The summed E-state index contributed by atoms with van der Waals surface area (Å²) >= 11 is 12.8. The van der Waals surface area contributed by atoms with E-state index in [1.807, 2.05) is 24.3 Å². The van der Waals surface area contributed by atoms with Gasteiger partial charge in [0.05, 0.1) is 21.8 Å². The van der Waals surface area contributed by atoms with Crippen molar-refractivity contribution in [2.45, 2.75) is 25.4 Å². The van der Waals surface area contributed by atoms with E-state index in [1.165, 1.54) is 4.90 Å². The minimum Gasteiger partial charge on any atom is -0.323 e. The minimum absolute atomic E-state index is 0.0914. The Morgan fingerprint density at radius 2 is 1.82 bits per heavy atom. The molecule has 4 aromatic rings. The molecule has 2 aromatic carbocycles. The Balaban J connectivity index is 1.31. The molecule has 8 nitrogen and oxygen atoms in total. The number of rotatable bonds is 5. The van der Waals surface area contributed by atoms with Gasteiger partial charge in [-0.2, -0.15) is 0 Å². The Bertz CT molecular complexity index is 1650. The summed E-state index contributed by atoms with van der Waals surface area (Å²) in [5.74, 6) is -0.275. The number of halogens is 2. The maximum Gasteiger partial charge on any atom is 0.260 e. The van der Waals surface area contributed by atoms with Crippen molar-refractivity contribution in [1.29, 1.82) is 0 Å². The van der Waals surface area contributed by atoms with Crippen molar-refractivity contribution in [2.75, 3.05) is 16.8 Å². The SMILES string of the molecule is O=C1Nc2cc(Cl)ccc2C(=O)N(Cc2ccc(C(=O)N3CCc4cccnc43)c(Cl)c2)C1Cc1ccccn1. The lowest BCUT2D eigenvalue weighted by atomic mass is 10.0. The number of carbonyl (C=O) groups is 3. The lowest BCUT2D eigenvalue weighted by Gasteiger charge is -2.29. The first kappa shape index (κ1) is 26.0. The van der Waals surface area contributed by atoms with Crippen LogP contribution in [0, 0.1) is 0 Å². The van der Waals surface area contributed by atoms with Crippen molar-refractivity contribution in [1.82, 2.24) is 14.9 Å². The van der Waals surface area contributed by atoms with Gasteiger partial charge in [-0.1, -0.05) is 41.4 Å². The summed E-state index contributed by atoms with van der Waals surface area (Å²) in [6.45, 7) is 0.618. The fourth-order valence-electron chi connectivity index (χ4n) is 5.14. The van der Waals surface area contributed by atoms with Crippen LogP contribution in [-0.2, 0) is 24.2 Å². The van der Waals surface area contributed by atoms with Crippen LogP contribution in [0.2, 0.25) is 10.0 Å². The topological polar surface area (TPSA) is 95.5 Å². The number of carbonyl (C=O) groups excluding carboxylic acids is 3. The standard InChI is InChI=1S/C30H23Cl2N5O3/c31-20-7-9-23-25(15-20)35-28(38)26(16-21-5-1-2-11-33-21)37(30(23)40)17-18-6-8-22(24(32)14-18)29(39)36-13-10-19-4-3-12-34-27(19)36/h1-9,11-12,14-15,26H,10,13,16-17H2,(H,35,38). The second-order valence-corrected chi connectivity index (χ2v) is 10.5. The Labute approximate surface area is 240 Å². The summed E-state index contributed by atoms with van der Waals surface area (Å²) in [6, 6.07) is 18.3. The van der Waals surface area contributed by atoms with E-state index in [0.29, 0.717) is 45.5 Å². The Morgan fingerprint density at radius 3 is 2.62 bits per heavy atom. The smallest absolute Gasteiger partial charge is 0.260 e. The molecule has 1 N–H and O–H groups in total. The van der Waals surface area contributed by atoms with Gasteiger partial charge in [-0.05, 0) is 66.1 Å². The van der Waals surface area contributed by atoms with E-state index in [-0.39, 0.29) is 35.7 Å². The first-order valence-corrected chi connectivity index (χ1v) is 13.5. The van der Waals surface area contributed by atoms with Gasteiger partial charge in [0.25, 0.3) is 11.8 Å². The molecular formula is C30H23Cl2N5O3. The summed E-state index contributed by atoms with van der Waals surface area (Å²) in [5, 5.41) is 3.52. The van der Waals surface area contributed by atoms with E-state index in [4.69, 9.17) is 23.2 Å². The second-order valence-electron chi connectivity index (χ2n) is 9.66. The predicted octanol–water partition coefficient (Wildman–Crippen LogP) is 5.19. The molecule has 0 radical (unpaired) electrons. The molecule has 6 rings (SSSR count). The van der Waals surface area contributed by atoms with Crippen LogP contribution in [0.3, 0.4) is 0 Å². The molecule has 2 aromatic heterocycles. The summed E-state index contributed by atoms with van der Waals surface area (Å²) in [5.41, 5.74) is 3.39. The fraction of sp³-hybridized carbons (Fsp3) is 0.167. The van der Waals surface area contributed by atoms with Gasteiger partial charge in [0.1, 0.15) is 11.9 Å². The van der Waals surface area contributed by atoms with Crippen LogP contribution in [0.1, 0.15) is 37.5 Å². The number of anilines is 2. The molecule has 0 saturated carbocycles. The largest absolute Gasteiger partial charge is 0.323 e. The minimum atomic E-state index is -0.846. The number of fused-ring (bicyclic) bond motifs is 2. The zero-order chi connectivity index (χ0) is 27.8. The normalized spacial score (nSPS) is 16.3. The highest BCUT2D eigenvalue weighted by molar-refractivity contribution is 6.34. The van der Waals surface area contributed by atoms with Gasteiger partial charge in [-0.15, -0.1) is 0 Å². The highest BCUT2D eigenvalue weighted by Crippen LogP contribution is 2.31. The quantitative estimate of drug-likeness (QED) is 0.355. The summed E-state index contributed by atoms with van der Waals surface area (Å²) in [6.07, 6.45) is 4.26. The zero-order valence-corrected chi connectivity index (χ0v) is 22.7. The molecule has 200 valence electrons. The number of benzene rings is 2. The van der Waals surface area contributed by atoms with Gasteiger partial charge in [-0.3, -0.25) is 24.3 Å². The van der Waals surface area contributed by atoms with Crippen LogP contribution in [0.4, 0.5) is 11.5 Å². The number of hydrogen-bond acceptors (Lipinski definition) is 5. The van der Waals surface area contributed by atoms with E-state index in [2.05, 4.69) is 15.3 Å². The van der Waals surface area contributed by atoms with Gasteiger partial charge in [0, 0.05) is 42.6 Å². The van der Waals surface area contributed by atoms with Gasteiger partial charge < -0.3 is 10.2 Å². The lowest BCUT2D eigenvalue weighted by Crippen LogP contribution is -2.46. The second kappa shape index (κ2) is 10.7. The molecule has 0 saturated heterocycles. The lowest BCUT2D eigenvalue weighted by molar-refractivity contribution is -0.120. The molecule has 0 fully saturated rings. The number of nitrogens with one attached hydrogen (secondary N) is 1. The predicted molar refractivity (Wildman–Crippen MR) is 153 cm³/mol. The molecule has 3 amide bonds. The van der Waals surface area contributed by atoms with Crippen molar-refractivity contribution >= 4 is 52.4 Å². The molecule has 2 aliphatic rings. The van der Waals surface area contributed by atoms with Crippen LogP contribution < -0.4 is 10.2 Å². The van der Waals surface area contributed by atoms with Crippen LogP contribution in [-0.4, -0.2) is 45.2 Å². The molecule has 40 heavy (non-hydrogen) atoms. The maximum absolute atomic E-state index is 13.8. The molecule has 0 spiro atoms. The first-order valence-electron chi connectivity index (χ1n) is 12.7. The molecular weight excluding hydrogens is 549 g/mol. The van der Waals surface area contributed by atoms with Crippen LogP contribution in [0.15, 0.2) is 79.1 Å². The third kappa shape index (κ3) is 4.92. The summed E-state index contributed by atoms with van der Waals surface area (Å²) < 4.78 is 0. The van der Waals surface area contributed by atoms with Crippen molar-refractivity contribution in [3.63, 3.8) is 0 Å². The molecule has 4 heterocycles.